The van der Waals surface area contributed by atoms with E-state index in [0.29, 0.717) is 18.8 Å². The Hall–Kier alpha value is -1.66. The van der Waals surface area contributed by atoms with Crippen molar-refractivity contribution < 1.29 is 13.9 Å². The predicted octanol–water partition coefficient (Wildman–Crippen LogP) is 1.80. The number of ether oxygens (including phenoxy) is 1. The largest absolute Gasteiger partial charge is 0.381 e. The Bertz CT molecular complexity index is 469. The zero-order valence-electron chi connectivity index (χ0n) is 11.5. The maximum atomic E-state index is 13.1. The number of anilines is 1. The summed E-state index contributed by atoms with van der Waals surface area (Å²) >= 11 is 0. The fourth-order valence-corrected chi connectivity index (χ4v) is 2.48. The number of likely N-dealkylation sites (tertiary alicyclic amines) is 1. The molecule has 0 aliphatic carbocycles. The minimum absolute atomic E-state index is 0.0535. The van der Waals surface area contributed by atoms with Gasteiger partial charge in [0.1, 0.15) is 5.82 Å². The van der Waals surface area contributed by atoms with E-state index in [0.717, 1.165) is 12.8 Å². The van der Waals surface area contributed by atoms with E-state index in [1.54, 1.807) is 24.1 Å². The second-order valence-electron chi connectivity index (χ2n) is 4.91. The van der Waals surface area contributed by atoms with Crippen LogP contribution in [0.25, 0.3) is 0 Å². The summed E-state index contributed by atoms with van der Waals surface area (Å²) in [6.07, 6.45) is 1.65. The maximum Gasteiger partial charge on any atom is 0.322 e. The molecule has 1 fully saturated rings. The lowest BCUT2D eigenvalue weighted by atomic mass is 10.00. The molecule has 110 valence electrons. The molecule has 1 aliphatic heterocycles. The highest BCUT2D eigenvalue weighted by molar-refractivity contribution is 5.89. The average Bonchev–Trinajstić information content (AvgIpc) is 2.46. The standard InChI is InChI=1S/C14H20FN3O2/c1-20-13-5-6-18(12(8-13)9-16)14(19)17-11-4-2-3-10(15)7-11/h2-4,7,12-13H,5-6,8-9,16H2,1H3,(H,17,19). The van der Waals surface area contributed by atoms with E-state index in [1.807, 2.05) is 0 Å². The topological polar surface area (TPSA) is 67.6 Å². The third-order valence-electron chi connectivity index (χ3n) is 3.61. The molecule has 0 radical (unpaired) electrons. The van der Waals surface area contributed by atoms with Crippen LogP contribution in [0.4, 0.5) is 14.9 Å². The van der Waals surface area contributed by atoms with Crippen molar-refractivity contribution >= 4 is 11.7 Å². The van der Waals surface area contributed by atoms with Crippen molar-refractivity contribution in [3.8, 4) is 0 Å². The maximum absolute atomic E-state index is 13.1. The van der Waals surface area contributed by atoms with Crippen LogP contribution in [0.1, 0.15) is 12.8 Å². The minimum Gasteiger partial charge on any atom is -0.381 e. The van der Waals surface area contributed by atoms with E-state index in [9.17, 15) is 9.18 Å². The fraction of sp³-hybridized carbons (Fsp3) is 0.500. The number of nitrogens with one attached hydrogen (secondary N) is 1. The lowest BCUT2D eigenvalue weighted by Gasteiger charge is -2.38. The Labute approximate surface area is 117 Å². The molecule has 2 amide bonds. The van der Waals surface area contributed by atoms with Gasteiger partial charge in [-0.1, -0.05) is 6.07 Å². The fourth-order valence-electron chi connectivity index (χ4n) is 2.48. The molecule has 3 N–H and O–H groups in total. The van der Waals surface area contributed by atoms with Gasteiger partial charge in [-0.2, -0.15) is 0 Å². The van der Waals surface area contributed by atoms with Crippen molar-refractivity contribution in [2.24, 2.45) is 5.73 Å². The van der Waals surface area contributed by atoms with Crippen LogP contribution in [-0.2, 0) is 4.74 Å². The van der Waals surface area contributed by atoms with E-state index < -0.39 is 0 Å². The molecule has 0 aromatic heterocycles. The number of amides is 2. The van der Waals surface area contributed by atoms with Gasteiger partial charge in [0, 0.05) is 31.9 Å². The molecule has 0 saturated carbocycles. The summed E-state index contributed by atoms with van der Waals surface area (Å²) < 4.78 is 18.4. The van der Waals surface area contributed by atoms with Crippen molar-refractivity contribution in [3.05, 3.63) is 30.1 Å². The van der Waals surface area contributed by atoms with Gasteiger partial charge in [-0.05, 0) is 31.0 Å². The Morgan fingerprint density at radius 3 is 3.05 bits per heavy atom. The van der Waals surface area contributed by atoms with Gasteiger partial charge in [0.25, 0.3) is 0 Å². The molecular weight excluding hydrogens is 261 g/mol. The highest BCUT2D eigenvalue weighted by atomic mass is 19.1. The van der Waals surface area contributed by atoms with Crippen LogP contribution in [0.3, 0.4) is 0 Å². The number of hydrogen-bond donors (Lipinski definition) is 2. The molecule has 1 heterocycles. The van der Waals surface area contributed by atoms with Crippen molar-refractivity contribution in [1.29, 1.82) is 0 Å². The summed E-state index contributed by atoms with van der Waals surface area (Å²) in [6, 6.07) is 5.53. The first-order valence-corrected chi connectivity index (χ1v) is 6.70. The zero-order valence-corrected chi connectivity index (χ0v) is 11.5. The molecule has 20 heavy (non-hydrogen) atoms. The van der Waals surface area contributed by atoms with Gasteiger partial charge in [0.2, 0.25) is 0 Å². The minimum atomic E-state index is -0.378. The van der Waals surface area contributed by atoms with Gasteiger partial charge in [-0.3, -0.25) is 0 Å². The molecule has 1 aromatic rings. The number of urea groups is 1. The van der Waals surface area contributed by atoms with Crippen LogP contribution < -0.4 is 11.1 Å². The molecule has 0 bridgehead atoms. The summed E-state index contributed by atoms with van der Waals surface area (Å²) in [6.45, 7) is 0.970. The number of carbonyl (C=O) groups excluding carboxylic acids is 1. The first-order valence-electron chi connectivity index (χ1n) is 6.70. The number of nitrogens with zero attached hydrogens (tertiary/aromatic N) is 1. The Morgan fingerprint density at radius 1 is 1.60 bits per heavy atom. The summed E-state index contributed by atoms with van der Waals surface area (Å²) in [5, 5.41) is 2.70. The lowest BCUT2D eigenvalue weighted by molar-refractivity contribution is 0.0292. The predicted molar refractivity (Wildman–Crippen MR) is 75.0 cm³/mol. The van der Waals surface area contributed by atoms with Crippen LogP contribution in [0, 0.1) is 5.82 Å². The van der Waals surface area contributed by atoms with Gasteiger partial charge < -0.3 is 20.7 Å². The molecule has 2 rings (SSSR count). The van der Waals surface area contributed by atoms with Crippen molar-refractivity contribution in [2.45, 2.75) is 25.0 Å². The summed E-state index contributed by atoms with van der Waals surface area (Å²) in [4.78, 5) is 13.9. The number of halogens is 1. The van der Waals surface area contributed by atoms with Crippen molar-refractivity contribution in [3.63, 3.8) is 0 Å². The monoisotopic (exact) mass is 281 g/mol. The first kappa shape index (κ1) is 14.7. The van der Waals surface area contributed by atoms with Gasteiger partial charge >= 0.3 is 6.03 Å². The lowest BCUT2D eigenvalue weighted by Crippen LogP contribution is -2.52. The third-order valence-corrected chi connectivity index (χ3v) is 3.61. The van der Waals surface area contributed by atoms with Crippen LogP contribution in [0.2, 0.25) is 0 Å². The quantitative estimate of drug-likeness (QED) is 0.887. The van der Waals surface area contributed by atoms with Crippen molar-refractivity contribution in [1.82, 2.24) is 4.90 Å². The molecule has 1 aliphatic rings. The summed E-state index contributed by atoms with van der Waals surface area (Å²) in [5.74, 6) is -0.378. The number of carbonyl (C=O) groups is 1. The number of nitrogens with two attached hydrogens (primary N) is 1. The van der Waals surface area contributed by atoms with Gasteiger partial charge in [0.15, 0.2) is 0 Å². The molecule has 6 heteroatoms. The number of benzene rings is 1. The molecular formula is C14H20FN3O2. The van der Waals surface area contributed by atoms with E-state index >= 15 is 0 Å². The number of hydrogen-bond acceptors (Lipinski definition) is 3. The van der Waals surface area contributed by atoms with E-state index in [4.69, 9.17) is 10.5 Å². The second kappa shape index (κ2) is 6.67. The Kier molecular flexibility index (Phi) is 4.92. The zero-order chi connectivity index (χ0) is 14.5. The van der Waals surface area contributed by atoms with Gasteiger partial charge in [0.05, 0.1) is 6.10 Å². The van der Waals surface area contributed by atoms with Crippen LogP contribution in [0.15, 0.2) is 24.3 Å². The Morgan fingerprint density at radius 2 is 2.40 bits per heavy atom. The average molecular weight is 281 g/mol. The normalized spacial score (nSPS) is 22.6. The summed E-state index contributed by atoms with van der Waals surface area (Å²) in [7, 11) is 1.67. The first-order chi connectivity index (χ1) is 9.63. The molecule has 0 spiro atoms. The Balaban J connectivity index is 2.01. The third kappa shape index (κ3) is 3.46. The highest BCUT2D eigenvalue weighted by Crippen LogP contribution is 2.20. The summed E-state index contributed by atoms with van der Waals surface area (Å²) in [5.41, 5.74) is 6.17. The molecule has 1 saturated heterocycles. The molecule has 5 nitrogen and oxygen atoms in total. The number of piperidine rings is 1. The van der Waals surface area contributed by atoms with E-state index in [-0.39, 0.29) is 24.0 Å². The SMILES string of the molecule is COC1CCN(C(=O)Nc2cccc(F)c2)C(CN)C1. The van der Waals surface area contributed by atoms with Crippen molar-refractivity contribution in [2.75, 3.05) is 25.5 Å². The highest BCUT2D eigenvalue weighted by Gasteiger charge is 2.30. The number of methoxy groups -OCH3 is 1. The van der Waals surface area contributed by atoms with Gasteiger partial charge in [-0.25, -0.2) is 9.18 Å². The van der Waals surface area contributed by atoms with E-state index in [2.05, 4.69) is 5.32 Å². The van der Waals surface area contributed by atoms with Gasteiger partial charge in [-0.15, -0.1) is 0 Å². The molecule has 2 unspecified atom stereocenters. The smallest absolute Gasteiger partial charge is 0.322 e. The molecule has 2 atom stereocenters. The molecule has 1 aromatic carbocycles. The number of rotatable bonds is 3. The van der Waals surface area contributed by atoms with Crippen LogP contribution in [-0.4, -0.2) is 43.3 Å². The van der Waals surface area contributed by atoms with E-state index in [1.165, 1.54) is 12.1 Å². The van der Waals surface area contributed by atoms with Crippen LogP contribution >= 0.6 is 0 Å². The second-order valence-corrected chi connectivity index (χ2v) is 4.91. The van der Waals surface area contributed by atoms with Crippen LogP contribution in [0.5, 0.6) is 0 Å².